The molecule has 0 aliphatic heterocycles. The summed E-state index contributed by atoms with van der Waals surface area (Å²) in [6.07, 6.45) is 0. The minimum absolute atomic E-state index is 0.153. The normalized spacial score (nSPS) is 10.3. The highest BCUT2D eigenvalue weighted by atomic mass is 16.5. The molecule has 2 aromatic rings. The average Bonchev–Trinajstić information content (AvgIpc) is 2.47. The van der Waals surface area contributed by atoms with Crippen LogP contribution in [0.5, 0.6) is 11.8 Å². The largest absolute Gasteiger partial charge is 0.423 e. The Balaban J connectivity index is 2.42. The summed E-state index contributed by atoms with van der Waals surface area (Å²) in [5.41, 5.74) is 0.440. The van der Waals surface area contributed by atoms with E-state index in [9.17, 15) is 0 Å². The fourth-order valence-electron chi connectivity index (χ4n) is 1.61. The van der Waals surface area contributed by atoms with E-state index in [-0.39, 0.29) is 11.9 Å². The van der Waals surface area contributed by atoms with Crippen molar-refractivity contribution in [3.8, 4) is 17.8 Å². The van der Waals surface area contributed by atoms with E-state index in [1.165, 1.54) is 0 Å². The molecule has 0 unspecified atom stereocenters. The van der Waals surface area contributed by atoms with Gasteiger partial charge in [0, 0.05) is 20.0 Å². The summed E-state index contributed by atoms with van der Waals surface area (Å²) in [5, 5.41) is 9.09. The molecule has 0 fully saturated rings. The molecule has 0 N–H and O–H groups in total. The Morgan fingerprint density at radius 3 is 2.48 bits per heavy atom. The summed E-state index contributed by atoms with van der Waals surface area (Å²) < 4.78 is 5.67. The second kappa shape index (κ2) is 6.18. The van der Waals surface area contributed by atoms with Crippen LogP contribution in [0.15, 0.2) is 24.3 Å². The van der Waals surface area contributed by atoms with Crippen LogP contribution in [-0.4, -0.2) is 29.0 Å². The predicted molar refractivity (Wildman–Crippen MR) is 79.5 cm³/mol. The van der Waals surface area contributed by atoms with Gasteiger partial charge in [-0.05, 0) is 12.1 Å². The van der Waals surface area contributed by atoms with Crippen molar-refractivity contribution in [2.24, 2.45) is 0 Å². The van der Waals surface area contributed by atoms with E-state index < -0.39 is 0 Å². The minimum Gasteiger partial charge on any atom is -0.423 e. The second-order valence-corrected chi connectivity index (χ2v) is 5.04. The molecule has 6 nitrogen and oxygen atoms in total. The Hall–Kier alpha value is -2.68. The maximum atomic E-state index is 9.09. The molecule has 6 heteroatoms. The van der Waals surface area contributed by atoms with Gasteiger partial charge in [0.1, 0.15) is 17.6 Å². The number of hydrogen-bond acceptors (Lipinski definition) is 6. The first-order chi connectivity index (χ1) is 10.0. The zero-order valence-electron chi connectivity index (χ0n) is 12.5. The zero-order valence-corrected chi connectivity index (χ0v) is 12.5. The number of benzene rings is 1. The van der Waals surface area contributed by atoms with E-state index in [4.69, 9.17) is 10.00 Å². The van der Waals surface area contributed by atoms with E-state index in [0.29, 0.717) is 23.1 Å². The molecule has 1 heterocycles. The number of rotatable bonds is 4. The molecule has 0 radical (unpaired) electrons. The topological polar surface area (TPSA) is 74.9 Å². The minimum atomic E-state index is 0.153. The van der Waals surface area contributed by atoms with Crippen LogP contribution in [0, 0.1) is 11.3 Å². The van der Waals surface area contributed by atoms with Gasteiger partial charge in [-0.15, -0.1) is 0 Å². The monoisotopic (exact) mass is 283 g/mol. The van der Waals surface area contributed by atoms with Crippen LogP contribution in [0.4, 0.5) is 5.95 Å². The molecule has 21 heavy (non-hydrogen) atoms. The van der Waals surface area contributed by atoms with Crippen LogP contribution in [0.1, 0.15) is 31.2 Å². The fourth-order valence-corrected chi connectivity index (χ4v) is 1.61. The van der Waals surface area contributed by atoms with E-state index in [2.05, 4.69) is 21.0 Å². The Kier molecular flexibility index (Phi) is 4.33. The standard InChI is InChI=1S/C15H17N5O/c1-10(2)13-17-14(20(3)4)19-15(18-13)21-12-8-6-5-7-11(12)9-16/h5-8,10H,1-4H3. The smallest absolute Gasteiger partial charge is 0.327 e. The number of nitriles is 1. The van der Waals surface area contributed by atoms with Crippen LogP contribution < -0.4 is 9.64 Å². The number of nitrogens with zero attached hydrogens (tertiary/aromatic N) is 5. The van der Waals surface area contributed by atoms with Crippen molar-refractivity contribution in [3.05, 3.63) is 35.7 Å². The van der Waals surface area contributed by atoms with Crippen molar-refractivity contribution in [1.82, 2.24) is 15.0 Å². The van der Waals surface area contributed by atoms with Gasteiger partial charge in [-0.1, -0.05) is 26.0 Å². The van der Waals surface area contributed by atoms with Crippen LogP contribution in [0.25, 0.3) is 0 Å². The molecule has 0 atom stereocenters. The maximum absolute atomic E-state index is 9.09. The van der Waals surface area contributed by atoms with E-state index >= 15 is 0 Å². The van der Waals surface area contributed by atoms with Gasteiger partial charge in [0.05, 0.1) is 5.56 Å². The van der Waals surface area contributed by atoms with Gasteiger partial charge in [0.15, 0.2) is 0 Å². The highest BCUT2D eigenvalue weighted by molar-refractivity contribution is 5.44. The first kappa shape index (κ1) is 14.7. The summed E-state index contributed by atoms with van der Waals surface area (Å²) in [5.74, 6) is 1.77. The van der Waals surface area contributed by atoms with Crippen LogP contribution in [0.3, 0.4) is 0 Å². The lowest BCUT2D eigenvalue weighted by Crippen LogP contribution is -2.15. The molecule has 1 aromatic heterocycles. The summed E-state index contributed by atoms with van der Waals surface area (Å²) in [6, 6.07) is 9.26. The van der Waals surface area contributed by atoms with Crippen LogP contribution in [0.2, 0.25) is 0 Å². The summed E-state index contributed by atoms with van der Waals surface area (Å²) in [6.45, 7) is 4.00. The first-order valence-electron chi connectivity index (χ1n) is 6.61. The van der Waals surface area contributed by atoms with Crippen LogP contribution >= 0.6 is 0 Å². The lowest BCUT2D eigenvalue weighted by molar-refractivity contribution is 0.433. The lowest BCUT2D eigenvalue weighted by Gasteiger charge is -2.14. The number of anilines is 1. The molecule has 0 bridgehead atoms. The number of para-hydroxylation sites is 1. The summed E-state index contributed by atoms with van der Waals surface area (Å²) >= 11 is 0. The first-order valence-corrected chi connectivity index (χ1v) is 6.61. The highest BCUT2D eigenvalue weighted by Crippen LogP contribution is 2.24. The van der Waals surface area contributed by atoms with Gasteiger partial charge in [0.2, 0.25) is 5.95 Å². The third-order valence-electron chi connectivity index (χ3n) is 2.75. The van der Waals surface area contributed by atoms with Crippen molar-refractivity contribution in [3.63, 3.8) is 0 Å². The van der Waals surface area contributed by atoms with Crippen molar-refractivity contribution in [1.29, 1.82) is 5.26 Å². The zero-order chi connectivity index (χ0) is 15.4. The molecule has 108 valence electrons. The summed E-state index contributed by atoms with van der Waals surface area (Å²) in [7, 11) is 3.71. The van der Waals surface area contributed by atoms with E-state index in [1.54, 1.807) is 29.2 Å². The van der Waals surface area contributed by atoms with Gasteiger partial charge in [-0.2, -0.15) is 20.2 Å². The molecule has 0 spiro atoms. The molecule has 0 aliphatic carbocycles. The molecular formula is C15H17N5O. The molecular weight excluding hydrogens is 266 g/mol. The molecule has 0 saturated carbocycles. The Labute approximate surface area is 124 Å². The fraction of sp³-hybridized carbons (Fsp3) is 0.333. The van der Waals surface area contributed by atoms with Crippen molar-refractivity contribution in [2.75, 3.05) is 19.0 Å². The maximum Gasteiger partial charge on any atom is 0.327 e. The second-order valence-electron chi connectivity index (χ2n) is 5.04. The average molecular weight is 283 g/mol. The van der Waals surface area contributed by atoms with E-state index in [0.717, 1.165) is 0 Å². The van der Waals surface area contributed by atoms with Crippen molar-refractivity contribution >= 4 is 5.95 Å². The third-order valence-corrected chi connectivity index (χ3v) is 2.75. The number of aromatic nitrogens is 3. The van der Waals surface area contributed by atoms with Gasteiger partial charge in [-0.25, -0.2) is 0 Å². The van der Waals surface area contributed by atoms with E-state index in [1.807, 2.05) is 27.9 Å². The Bertz CT molecular complexity index is 650. The quantitative estimate of drug-likeness (QED) is 0.858. The SMILES string of the molecule is CC(C)c1nc(Oc2ccccc2C#N)nc(N(C)C)n1. The molecule has 0 amide bonds. The third kappa shape index (κ3) is 3.45. The van der Waals surface area contributed by atoms with Crippen molar-refractivity contribution < 1.29 is 4.74 Å². The Morgan fingerprint density at radius 1 is 1.14 bits per heavy atom. The van der Waals surface area contributed by atoms with Gasteiger partial charge in [-0.3, -0.25) is 0 Å². The highest BCUT2D eigenvalue weighted by Gasteiger charge is 2.13. The summed E-state index contributed by atoms with van der Waals surface area (Å²) in [4.78, 5) is 14.7. The van der Waals surface area contributed by atoms with Crippen LogP contribution in [-0.2, 0) is 0 Å². The number of hydrogen-bond donors (Lipinski definition) is 0. The molecule has 1 aromatic carbocycles. The van der Waals surface area contributed by atoms with Crippen molar-refractivity contribution in [2.45, 2.75) is 19.8 Å². The van der Waals surface area contributed by atoms with Gasteiger partial charge >= 0.3 is 6.01 Å². The van der Waals surface area contributed by atoms with Gasteiger partial charge in [0.25, 0.3) is 0 Å². The predicted octanol–water partition coefficient (Wildman–Crippen LogP) is 2.72. The number of ether oxygens (including phenoxy) is 1. The molecule has 2 rings (SSSR count). The van der Waals surface area contributed by atoms with Gasteiger partial charge < -0.3 is 9.64 Å². The Morgan fingerprint density at radius 2 is 1.86 bits per heavy atom. The lowest BCUT2D eigenvalue weighted by atomic mass is 10.2. The molecule has 0 aliphatic rings. The molecule has 0 saturated heterocycles.